The first-order valence-electron chi connectivity index (χ1n) is 8.03. The van der Waals surface area contributed by atoms with Crippen LogP contribution in [0, 0.1) is 5.82 Å². The molecule has 1 atom stereocenters. The molecule has 3 heteroatoms. The molecule has 0 nitrogen and oxygen atoms in total. The van der Waals surface area contributed by atoms with Gasteiger partial charge in [-0.05, 0) is 28.8 Å². The molecule has 3 aromatic rings. The second kappa shape index (κ2) is 8.09. The number of alkyl halides is 1. The van der Waals surface area contributed by atoms with E-state index in [1.165, 1.54) is 6.07 Å². The van der Waals surface area contributed by atoms with Crippen molar-refractivity contribution in [3.05, 3.63) is 106 Å². The quantitative estimate of drug-likeness (QED) is 0.437. The third-order valence-electron chi connectivity index (χ3n) is 3.97. The van der Waals surface area contributed by atoms with Crippen molar-refractivity contribution in [1.29, 1.82) is 0 Å². The molecular formula is C22H17ClF2. The summed E-state index contributed by atoms with van der Waals surface area (Å²) in [7, 11) is 0. The van der Waals surface area contributed by atoms with E-state index >= 15 is 0 Å². The Bertz CT molecular complexity index is 855. The average molecular weight is 355 g/mol. The number of halogens is 3. The molecule has 0 unspecified atom stereocenters. The molecular weight excluding hydrogens is 338 g/mol. The summed E-state index contributed by atoms with van der Waals surface area (Å²) < 4.78 is 28.0. The topological polar surface area (TPSA) is 0 Å². The first kappa shape index (κ1) is 17.4. The summed E-state index contributed by atoms with van der Waals surface area (Å²) in [4.78, 5) is 0. The van der Waals surface area contributed by atoms with E-state index in [0.29, 0.717) is 22.6 Å². The van der Waals surface area contributed by atoms with Crippen LogP contribution in [0.3, 0.4) is 0 Å². The van der Waals surface area contributed by atoms with E-state index in [1.54, 1.807) is 30.3 Å². The van der Waals surface area contributed by atoms with Gasteiger partial charge in [0.2, 0.25) is 0 Å². The van der Waals surface area contributed by atoms with E-state index in [-0.39, 0.29) is 5.82 Å². The first-order chi connectivity index (χ1) is 12.1. The number of rotatable bonds is 5. The van der Waals surface area contributed by atoms with Crippen LogP contribution < -0.4 is 0 Å². The third kappa shape index (κ3) is 4.77. The molecule has 0 heterocycles. The van der Waals surface area contributed by atoms with Gasteiger partial charge >= 0.3 is 0 Å². The molecule has 0 spiro atoms. The molecule has 126 valence electrons. The van der Waals surface area contributed by atoms with E-state index in [1.807, 2.05) is 48.5 Å². The summed E-state index contributed by atoms with van der Waals surface area (Å²) in [6.45, 7) is 0. The first-order valence-corrected chi connectivity index (χ1v) is 8.41. The highest BCUT2D eigenvalue weighted by molar-refractivity contribution is 6.30. The van der Waals surface area contributed by atoms with Crippen LogP contribution in [0.1, 0.15) is 28.4 Å². The van der Waals surface area contributed by atoms with Crippen LogP contribution in [0.15, 0.2) is 72.8 Å². The Labute approximate surface area is 151 Å². The number of benzene rings is 3. The lowest BCUT2D eigenvalue weighted by molar-refractivity contribution is 0.342. The van der Waals surface area contributed by atoms with Crippen molar-refractivity contribution >= 4 is 23.8 Å². The molecule has 3 aromatic carbocycles. The van der Waals surface area contributed by atoms with Crippen molar-refractivity contribution in [3.8, 4) is 0 Å². The molecule has 0 radical (unpaired) electrons. The van der Waals surface area contributed by atoms with E-state index in [0.717, 1.165) is 11.1 Å². The lowest BCUT2D eigenvalue weighted by atomic mass is 10.0. The Morgan fingerprint density at radius 3 is 2.28 bits per heavy atom. The minimum Gasteiger partial charge on any atom is -0.242 e. The van der Waals surface area contributed by atoms with Gasteiger partial charge in [0.05, 0.1) is 0 Å². The Morgan fingerprint density at radius 2 is 1.60 bits per heavy atom. The van der Waals surface area contributed by atoms with Crippen molar-refractivity contribution in [3.63, 3.8) is 0 Å². The van der Waals surface area contributed by atoms with Crippen LogP contribution >= 0.6 is 11.6 Å². The fourth-order valence-corrected chi connectivity index (χ4v) is 2.73. The predicted octanol–water partition coefficient (Wildman–Crippen LogP) is 6.90. The second-order valence-corrected chi connectivity index (χ2v) is 6.26. The van der Waals surface area contributed by atoms with Gasteiger partial charge in [-0.3, -0.25) is 0 Å². The molecule has 0 aliphatic rings. The van der Waals surface area contributed by atoms with Gasteiger partial charge in [-0.1, -0.05) is 84.4 Å². The summed E-state index contributed by atoms with van der Waals surface area (Å²) in [5.74, 6) is -0.358. The minimum atomic E-state index is -1.02. The molecule has 0 saturated heterocycles. The van der Waals surface area contributed by atoms with Crippen molar-refractivity contribution in [1.82, 2.24) is 0 Å². The summed E-state index contributed by atoms with van der Waals surface area (Å²) >= 11 is 5.74. The van der Waals surface area contributed by atoms with Crippen molar-refractivity contribution in [2.75, 3.05) is 0 Å². The van der Waals surface area contributed by atoms with Crippen LogP contribution in [0.5, 0.6) is 0 Å². The zero-order valence-corrected chi connectivity index (χ0v) is 14.3. The summed E-state index contributed by atoms with van der Waals surface area (Å²) in [5.41, 5.74) is 3.01. The van der Waals surface area contributed by atoms with Gasteiger partial charge in [-0.15, -0.1) is 0 Å². The van der Waals surface area contributed by atoms with Gasteiger partial charge in [0.1, 0.15) is 12.0 Å². The molecule has 0 fully saturated rings. The zero-order chi connectivity index (χ0) is 17.6. The predicted molar refractivity (Wildman–Crippen MR) is 101 cm³/mol. The smallest absolute Gasteiger partial charge is 0.131 e. The molecule has 0 aliphatic carbocycles. The van der Waals surface area contributed by atoms with Gasteiger partial charge in [0, 0.05) is 17.0 Å². The van der Waals surface area contributed by atoms with Gasteiger partial charge < -0.3 is 0 Å². The fourth-order valence-electron chi connectivity index (χ4n) is 2.57. The Balaban J connectivity index is 1.67. The number of hydrogen-bond donors (Lipinski definition) is 0. The van der Waals surface area contributed by atoms with E-state index in [9.17, 15) is 8.78 Å². The van der Waals surface area contributed by atoms with E-state index in [2.05, 4.69) is 0 Å². The monoisotopic (exact) mass is 354 g/mol. The Morgan fingerprint density at radius 1 is 0.880 bits per heavy atom. The van der Waals surface area contributed by atoms with E-state index in [4.69, 9.17) is 11.6 Å². The van der Waals surface area contributed by atoms with Crippen LogP contribution in [0.4, 0.5) is 8.78 Å². The Kier molecular flexibility index (Phi) is 5.62. The fraction of sp³-hybridized carbons (Fsp3) is 0.0909. The van der Waals surface area contributed by atoms with Crippen molar-refractivity contribution < 1.29 is 8.78 Å². The highest BCUT2D eigenvalue weighted by atomic mass is 35.5. The van der Waals surface area contributed by atoms with Gasteiger partial charge in [0.25, 0.3) is 0 Å². The molecule has 0 amide bonds. The molecule has 0 N–H and O–H groups in total. The average Bonchev–Trinajstić information content (AvgIpc) is 2.63. The maximum atomic E-state index is 14.3. The second-order valence-electron chi connectivity index (χ2n) is 5.82. The zero-order valence-electron chi connectivity index (χ0n) is 13.5. The Hall–Kier alpha value is -2.45. The van der Waals surface area contributed by atoms with Crippen LogP contribution in [0.2, 0.25) is 5.02 Å². The van der Waals surface area contributed by atoms with Gasteiger partial charge in [-0.25, -0.2) is 8.78 Å². The van der Waals surface area contributed by atoms with Crippen LogP contribution in [-0.2, 0) is 6.42 Å². The summed E-state index contributed by atoms with van der Waals surface area (Å²) in [6, 6.07) is 21.3. The highest BCUT2D eigenvalue weighted by Crippen LogP contribution is 2.23. The molecule has 3 rings (SSSR count). The lowest BCUT2D eigenvalue weighted by Gasteiger charge is -2.08. The highest BCUT2D eigenvalue weighted by Gasteiger charge is 2.09. The number of hydrogen-bond acceptors (Lipinski definition) is 0. The molecule has 25 heavy (non-hydrogen) atoms. The molecule has 0 saturated carbocycles. The van der Waals surface area contributed by atoms with Gasteiger partial charge in [-0.2, -0.15) is 0 Å². The van der Waals surface area contributed by atoms with Crippen LogP contribution in [-0.4, -0.2) is 0 Å². The molecule has 0 aliphatic heterocycles. The van der Waals surface area contributed by atoms with Crippen molar-refractivity contribution in [2.24, 2.45) is 0 Å². The maximum Gasteiger partial charge on any atom is 0.131 e. The molecule has 0 aromatic heterocycles. The van der Waals surface area contributed by atoms with E-state index < -0.39 is 6.17 Å². The normalized spacial score (nSPS) is 12.4. The maximum absolute atomic E-state index is 14.3. The largest absolute Gasteiger partial charge is 0.242 e. The van der Waals surface area contributed by atoms with Gasteiger partial charge in [0.15, 0.2) is 0 Å². The standard InChI is InChI=1S/C22H17ClF2/c23-20-13-12-19(22(25)15-20)11-10-16-6-8-17(9-7-16)14-21(24)18-4-2-1-3-5-18/h1-13,15,21H,14H2/t21-/m1/s1. The summed E-state index contributed by atoms with van der Waals surface area (Å²) in [6.07, 6.45) is 2.83. The SMILES string of the molecule is Fc1cc(Cl)ccc1C=Cc1ccc(C[C@@H](F)c2ccccc2)cc1. The van der Waals surface area contributed by atoms with Crippen molar-refractivity contribution in [2.45, 2.75) is 12.6 Å². The lowest BCUT2D eigenvalue weighted by Crippen LogP contribution is -1.96. The minimum absolute atomic E-state index is 0.333. The molecule has 0 bridgehead atoms. The van der Waals surface area contributed by atoms with Crippen LogP contribution in [0.25, 0.3) is 12.2 Å². The third-order valence-corrected chi connectivity index (χ3v) is 4.21. The summed E-state index contributed by atoms with van der Waals surface area (Å²) in [5, 5.41) is 0.373.